The summed E-state index contributed by atoms with van der Waals surface area (Å²) in [7, 11) is 1.54. The van der Waals surface area contributed by atoms with Crippen LogP contribution in [0.25, 0.3) is 0 Å². The van der Waals surface area contributed by atoms with E-state index in [1.54, 1.807) is 6.07 Å². The minimum atomic E-state index is -0.427. The van der Waals surface area contributed by atoms with Crippen LogP contribution in [0.5, 0.6) is 0 Å². The van der Waals surface area contributed by atoms with E-state index in [2.05, 4.69) is 6.92 Å². The Kier molecular flexibility index (Phi) is 3.06. The summed E-state index contributed by atoms with van der Waals surface area (Å²) in [5, 5.41) is 0.0956. The maximum Gasteiger partial charge on any atom is 0.141 e. The number of hydrogen-bond donors (Lipinski definition) is 0. The van der Waals surface area contributed by atoms with Crippen LogP contribution in [0.15, 0.2) is 18.2 Å². The van der Waals surface area contributed by atoms with Crippen LogP contribution < -0.4 is 0 Å². The maximum absolute atomic E-state index is 12.7. The first-order valence-electron chi connectivity index (χ1n) is 3.46. The lowest BCUT2D eigenvalue weighted by Gasteiger charge is -2.09. The van der Waals surface area contributed by atoms with Crippen LogP contribution >= 0.6 is 11.6 Å². The van der Waals surface area contributed by atoms with Crippen molar-refractivity contribution < 1.29 is 9.13 Å². The van der Waals surface area contributed by atoms with Crippen LogP contribution in [-0.2, 0) is 4.74 Å². The van der Waals surface area contributed by atoms with Gasteiger partial charge in [0.25, 0.3) is 0 Å². The first-order chi connectivity index (χ1) is 5.65. The van der Waals surface area contributed by atoms with Crippen molar-refractivity contribution in [2.75, 3.05) is 7.11 Å². The van der Waals surface area contributed by atoms with Crippen molar-refractivity contribution in [3.63, 3.8) is 0 Å². The van der Waals surface area contributed by atoms with Crippen LogP contribution in [0.3, 0.4) is 0 Å². The number of ether oxygens (including phenoxy) is 1. The lowest BCUT2D eigenvalue weighted by atomic mass is 10.1. The van der Waals surface area contributed by atoms with E-state index in [-0.39, 0.29) is 11.1 Å². The molecule has 0 saturated heterocycles. The van der Waals surface area contributed by atoms with E-state index in [9.17, 15) is 4.39 Å². The molecule has 1 nitrogen and oxygen atoms in total. The van der Waals surface area contributed by atoms with Crippen LogP contribution in [0.4, 0.5) is 4.39 Å². The Hall–Kier alpha value is -0.600. The van der Waals surface area contributed by atoms with Gasteiger partial charge in [0.05, 0.1) is 11.1 Å². The summed E-state index contributed by atoms with van der Waals surface area (Å²) in [6.07, 6.45) is -0.303. The second kappa shape index (κ2) is 3.87. The van der Waals surface area contributed by atoms with Crippen molar-refractivity contribution in [3.05, 3.63) is 41.5 Å². The standard InChI is InChI=1S/C9H9ClFO/c1-6(12-2)7-3-4-9(11)8(10)5-7/h3-6H,1H2,2H3. The monoisotopic (exact) mass is 187 g/mol. The van der Waals surface area contributed by atoms with Gasteiger partial charge in [-0.05, 0) is 24.6 Å². The fourth-order valence-electron chi connectivity index (χ4n) is 0.849. The highest BCUT2D eigenvalue weighted by molar-refractivity contribution is 6.30. The summed E-state index contributed by atoms with van der Waals surface area (Å²) in [6, 6.07) is 4.41. The van der Waals surface area contributed by atoms with E-state index < -0.39 is 5.82 Å². The number of halogens is 2. The van der Waals surface area contributed by atoms with Gasteiger partial charge < -0.3 is 4.74 Å². The Balaban J connectivity index is 2.96. The highest BCUT2D eigenvalue weighted by Crippen LogP contribution is 2.21. The van der Waals surface area contributed by atoms with Gasteiger partial charge >= 0.3 is 0 Å². The molecule has 0 aliphatic rings. The molecular formula is C9H9ClFO. The van der Waals surface area contributed by atoms with Crippen molar-refractivity contribution in [2.45, 2.75) is 6.10 Å². The molecule has 1 atom stereocenters. The molecule has 0 heterocycles. The molecule has 0 saturated carbocycles. The highest BCUT2D eigenvalue weighted by atomic mass is 35.5. The molecule has 1 unspecified atom stereocenters. The molecule has 1 rings (SSSR count). The van der Waals surface area contributed by atoms with Gasteiger partial charge in [0, 0.05) is 7.11 Å². The summed E-state index contributed by atoms with van der Waals surface area (Å²) >= 11 is 5.56. The van der Waals surface area contributed by atoms with E-state index in [0.29, 0.717) is 0 Å². The van der Waals surface area contributed by atoms with Crippen molar-refractivity contribution in [2.24, 2.45) is 0 Å². The van der Waals surface area contributed by atoms with E-state index in [1.165, 1.54) is 19.2 Å². The normalized spacial score (nSPS) is 13.0. The fraction of sp³-hybridized carbons (Fsp3) is 0.222. The lowest BCUT2D eigenvalue weighted by Crippen LogP contribution is -1.96. The molecule has 65 valence electrons. The van der Waals surface area contributed by atoms with E-state index in [1.807, 2.05) is 0 Å². The fourth-order valence-corrected chi connectivity index (χ4v) is 1.04. The second-order valence-electron chi connectivity index (χ2n) is 2.40. The molecule has 0 aromatic heterocycles. The number of hydrogen-bond acceptors (Lipinski definition) is 1. The third-order valence-electron chi connectivity index (χ3n) is 1.60. The largest absolute Gasteiger partial charge is 0.377 e. The second-order valence-corrected chi connectivity index (χ2v) is 2.81. The lowest BCUT2D eigenvalue weighted by molar-refractivity contribution is 0.140. The van der Waals surface area contributed by atoms with Gasteiger partial charge in [0.2, 0.25) is 0 Å². The Morgan fingerprint density at radius 2 is 2.25 bits per heavy atom. The molecule has 0 N–H and O–H groups in total. The van der Waals surface area contributed by atoms with Crippen molar-refractivity contribution >= 4 is 11.6 Å². The third-order valence-corrected chi connectivity index (χ3v) is 1.89. The molecule has 0 fully saturated rings. The Bertz CT molecular complexity index is 275. The summed E-state index contributed by atoms with van der Waals surface area (Å²) in [5.41, 5.74) is 0.768. The van der Waals surface area contributed by atoms with Gasteiger partial charge in [-0.3, -0.25) is 0 Å². The molecule has 0 spiro atoms. The molecule has 0 aliphatic heterocycles. The molecule has 0 amide bonds. The molecule has 3 heteroatoms. The van der Waals surface area contributed by atoms with Crippen molar-refractivity contribution in [1.29, 1.82) is 0 Å². The van der Waals surface area contributed by atoms with Gasteiger partial charge in [-0.1, -0.05) is 17.7 Å². The summed E-state index contributed by atoms with van der Waals surface area (Å²) in [4.78, 5) is 0. The van der Waals surface area contributed by atoms with Crippen LogP contribution in [0, 0.1) is 12.7 Å². The Morgan fingerprint density at radius 3 is 2.75 bits per heavy atom. The van der Waals surface area contributed by atoms with Crippen LogP contribution in [0.2, 0.25) is 5.02 Å². The topological polar surface area (TPSA) is 9.23 Å². The van der Waals surface area contributed by atoms with Gasteiger partial charge in [-0.25, -0.2) is 4.39 Å². The zero-order valence-corrected chi connectivity index (χ0v) is 7.44. The summed E-state index contributed by atoms with van der Waals surface area (Å²) in [6.45, 7) is 3.69. The minimum absolute atomic E-state index is 0.0956. The SMILES string of the molecule is [CH2]C(OC)c1ccc(F)c(Cl)c1. The van der Waals surface area contributed by atoms with E-state index >= 15 is 0 Å². The van der Waals surface area contributed by atoms with E-state index in [0.717, 1.165) is 5.56 Å². The average Bonchev–Trinajstić information content (AvgIpc) is 2.08. The smallest absolute Gasteiger partial charge is 0.141 e. The van der Waals surface area contributed by atoms with Gasteiger partial charge in [-0.15, -0.1) is 0 Å². The number of rotatable bonds is 2. The van der Waals surface area contributed by atoms with Gasteiger partial charge in [0.1, 0.15) is 5.82 Å². The molecular weight excluding hydrogens is 179 g/mol. The highest BCUT2D eigenvalue weighted by Gasteiger charge is 2.06. The predicted octanol–water partition coefficient (Wildman–Crippen LogP) is 3.00. The molecule has 12 heavy (non-hydrogen) atoms. The summed E-state index contributed by atoms with van der Waals surface area (Å²) < 4.78 is 17.6. The van der Waals surface area contributed by atoms with Crippen LogP contribution in [0.1, 0.15) is 11.7 Å². The first kappa shape index (κ1) is 9.49. The number of methoxy groups -OCH3 is 1. The quantitative estimate of drug-likeness (QED) is 0.692. The Morgan fingerprint density at radius 1 is 1.58 bits per heavy atom. The zero-order valence-electron chi connectivity index (χ0n) is 6.68. The average molecular weight is 188 g/mol. The summed E-state index contributed by atoms with van der Waals surface area (Å²) in [5.74, 6) is -0.427. The van der Waals surface area contributed by atoms with Crippen molar-refractivity contribution in [1.82, 2.24) is 0 Å². The maximum atomic E-state index is 12.7. The van der Waals surface area contributed by atoms with Crippen LogP contribution in [-0.4, -0.2) is 7.11 Å². The molecule has 1 aromatic rings. The Labute approximate surface area is 76.1 Å². The minimum Gasteiger partial charge on any atom is -0.377 e. The van der Waals surface area contributed by atoms with E-state index in [4.69, 9.17) is 16.3 Å². The molecule has 1 aromatic carbocycles. The van der Waals surface area contributed by atoms with Crippen molar-refractivity contribution in [3.8, 4) is 0 Å². The zero-order chi connectivity index (χ0) is 9.14. The molecule has 0 bridgehead atoms. The number of benzene rings is 1. The van der Waals surface area contributed by atoms with Gasteiger partial charge in [-0.2, -0.15) is 0 Å². The third kappa shape index (κ3) is 1.96. The molecule has 1 radical (unpaired) electrons. The molecule has 0 aliphatic carbocycles. The first-order valence-corrected chi connectivity index (χ1v) is 3.83. The predicted molar refractivity (Wildman–Crippen MR) is 46.5 cm³/mol. The van der Waals surface area contributed by atoms with Gasteiger partial charge in [0.15, 0.2) is 0 Å².